The Kier molecular flexibility index (Phi) is 6.42. The van der Waals surface area contributed by atoms with Crippen LogP contribution in [0, 0.1) is 6.92 Å². The maximum atomic E-state index is 8.51. The molecule has 0 bridgehead atoms. The molecule has 0 aliphatic heterocycles. The molecular weight excluding hydrogens is 226 g/mol. The fourth-order valence-corrected chi connectivity index (χ4v) is 1.62. The molecule has 0 heterocycles. The van der Waals surface area contributed by atoms with Crippen molar-refractivity contribution in [1.29, 1.82) is 0 Å². The van der Waals surface area contributed by atoms with Crippen molar-refractivity contribution in [3.8, 4) is 0 Å². The summed E-state index contributed by atoms with van der Waals surface area (Å²) in [5, 5.41) is 12.5. The van der Waals surface area contributed by atoms with Crippen LogP contribution in [0.5, 0.6) is 0 Å². The van der Waals surface area contributed by atoms with Gasteiger partial charge in [-0.2, -0.15) is 0 Å². The van der Waals surface area contributed by atoms with Crippen LogP contribution >= 0.6 is 11.6 Å². The van der Waals surface area contributed by atoms with Gasteiger partial charge in [-0.1, -0.05) is 17.7 Å². The summed E-state index contributed by atoms with van der Waals surface area (Å²) in [5.41, 5.74) is 2.43. The first-order chi connectivity index (χ1) is 7.74. The first-order valence-corrected chi connectivity index (χ1v) is 5.76. The summed E-state index contributed by atoms with van der Waals surface area (Å²) in [7, 11) is 0. The highest BCUT2D eigenvalue weighted by Gasteiger charge is 1.98. The zero-order chi connectivity index (χ0) is 11.8. The Bertz CT molecular complexity index is 318. The highest BCUT2D eigenvalue weighted by molar-refractivity contribution is 6.30. The third-order valence-electron chi connectivity index (χ3n) is 2.28. The van der Waals surface area contributed by atoms with E-state index >= 15 is 0 Å². The van der Waals surface area contributed by atoms with E-state index in [0.29, 0.717) is 13.2 Å². The van der Waals surface area contributed by atoms with Crippen LogP contribution < -0.4 is 5.32 Å². The van der Waals surface area contributed by atoms with Crippen molar-refractivity contribution in [2.24, 2.45) is 0 Å². The minimum Gasteiger partial charge on any atom is -0.394 e. The van der Waals surface area contributed by atoms with Gasteiger partial charge >= 0.3 is 0 Å². The van der Waals surface area contributed by atoms with Crippen LogP contribution in [0.3, 0.4) is 0 Å². The van der Waals surface area contributed by atoms with Gasteiger partial charge in [0.05, 0.1) is 19.8 Å². The van der Waals surface area contributed by atoms with Crippen LogP contribution in [0.1, 0.15) is 11.1 Å². The van der Waals surface area contributed by atoms with Crippen molar-refractivity contribution in [3.63, 3.8) is 0 Å². The smallest absolute Gasteiger partial charge is 0.0698 e. The summed E-state index contributed by atoms with van der Waals surface area (Å²) < 4.78 is 5.14. The lowest BCUT2D eigenvalue weighted by Crippen LogP contribution is -2.20. The van der Waals surface area contributed by atoms with E-state index < -0.39 is 0 Å². The van der Waals surface area contributed by atoms with Gasteiger partial charge in [0.15, 0.2) is 0 Å². The van der Waals surface area contributed by atoms with Crippen molar-refractivity contribution in [2.45, 2.75) is 13.5 Å². The van der Waals surface area contributed by atoms with Gasteiger partial charge in [0.2, 0.25) is 0 Å². The summed E-state index contributed by atoms with van der Waals surface area (Å²) in [5.74, 6) is 0. The van der Waals surface area contributed by atoms with Gasteiger partial charge in [-0.3, -0.25) is 0 Å². The minimum atomic E-state index is 0.0797. The summed E-state index contributed by atoms with van der Waals surface area (Å²) >= 11 is 5.87. The fourth-order valence-electron chi connectivity index (χ4n) is 1.39. The summed E-state index contributed by atoms with van der Waals surface area (Å²) in [6.45, 7) is 4.74. The molecule has 1 aromatic carbocycles. The number of aliphatic hydroxyl groups excluding tert-OH is 1. The SMILES string of the molecule is Cc1cc(Cl)ccc1CNCCOCCO. The molecule has 2 N–H and O–H groups in total. The largest absolute Gasteiger partial charge is 0.394 e. The third kappa shape index (κ3) is 4.94. The Morgan fingerprint density at radius 1 is 1.38 bits per heavy atom. The molecule has 0 fully saturated rings. The number of benzene rings is 1. The summed E-state index contributed by atoms with van der Waals surface area (Å²) in [6.07, 6.45) is 0. The molecule has 0 saturated heterocycles. The van der Waals surface area contributed by atoms with Gasteiger partial charge < -0.3 is 15.2 Å². The monoisotopic (exact) mass is 243 g/mol. The number of rotatable bonds is 7. The van der Waals surface area contributed by atoms with Gasteiger partial charge in [0.25, 0.3) is 0 Å². The fraction of sp³-hybridized carbons (Fsp3) is 0.500. The molecule has 16 heavy (non-hydrogen) atoms. The Hall–Kier alpha value is -0.610. The van der Waals surface area contributed by atoms with Crippen molar-refractivity contribution in [1.82, 2.24) is 5.32 Å². The Balaban J connectivity index is 2.21. The van der Waals surface area contributed by atoms with Crippen LogP contribution in [-0.4, -0.2) is 31.5 Å². The molecular formula is C12H18ClNO2. The lowest BCUT2D eigenvalue weighted by molar-refractivity contribution is 0.0938. The molecule has 0 saturated carbocycles. The second-order valence-corrected chi connectivity index (χ2v) is 4.02. The van der Waals surface area contributed by atoms with Crippen molar-refractivity contribution >= 4 is 11.6 Å². The number of aliphatic hydroxyl groups is 1. The number of nitrogens with one attached hydrogen (secondary N) is 1. The van der Waals surface area contributed by atoms with Crippen molar-refractivity contribution in [2.75, 3.05) is 26.4 Å². The van der Waals surface area contributed by atoms with Crippen molar-refractivity contribution < 1.29 is 9.84 Å². The molecule has 0 radical (unpaired) electrons. The van der Waals surface area contributed by atoms with Gasteiger partial charge in [-0.05, 0) is 30.2 Å². The summed E-state index contributed by atoms with van der Waals surface area (Å²) in [4.78, 5) is 0. The lowest BCUT2D eigenvalue weighted by atomic mass is 10.1. The van der Waals surface area contributed by atoms with Crippen LogP contribution in [0.4, 0.5) is 0 Å². The standard InChI is InChI=1S/C12H18ClNO2/c1-10-8-12(13)3-2-11(10)9-14-4-6-16-7-5-15/h2-3,8,14-15H,4-7,9H2,1H3. The highest BCUT2D eigenvalue weighted by atomic mass is 35.5. The predicted molar refractivity (Wildman–Crippen MR) is 65.8 cm³/mol. The van der Waals surface area contributed by atoms with E-state index in [4.69, 9.17) is 21.4 Å². The molecule has 0 aliphatic carbocycles. The van der Waals surface area contributed by atoms with E-state index in [1.807, 2.05) is 25.1 Å². The van der Waals surface area contributed by atoms with Gasteiger partial charge in [-0.25, -0.2) is 0 Å². The minimum absolute atomic E-state index is 0.0797. The van der Waals surface area contributed by atoms with Crippen LogP contribution in [-0.2, 0) is 11.3 Å². The van der Waals surface area contributed by atoms with Gasteiger partial charge in [-0.15, -0.1) is 0 Å². The molecule has 0 amide bonds. The van der Waals surface area contributed by atoms with Crippen LogP contribution in [0.25, 0.3) is 0 Å². The van der Waals surface area contributed by atoms with E-state index in [0.717, 1.165) is 18.1 Å². The predicted octanol–water partition coefficient (Wildman–Crippen LogP) is 1.75. The molecule has 0 aliphatic rings. The topological polar surface area (TPSA) is 41.5 Å². The lowest BCUT2D eigenvalue weighted by Gasteiger charge is -2.08. The number of halogens is 1. The molecule has 1 rings (SSSR count). The molecule has 3 nitrogen and oxygen atoms in total. The Labute approximate surface area is 101 Å². The zero-order valence-electron chi connectivity index (χ0n) is 9.50. The van der Waals surface area contributed by atoms with Crippen LogP contribution in [0.2, 0.25) is 5.02 Å². The molecule has 90 valence electrons. The molecule has 0 aromatic heterocycles. The number of ether oxygens (including phenoxy) is 1. The van der Waals surface area contributed by atoms with Gasteiger partial charge in [0.1, 0.15) is 0 Å². The number of hydrogen-bond acceptors (Lipinski definition) is 3. The van der Waals surface area contributed by atoms with E-state index in [-0.39, 0.29) is 6.61 Å². The molecule has 4 heteroatoms. The van der Waals surface area contributed by atoms with E-state index in [1.165, 1.54) is 11.1 Å². The Morgan fingerprint density at radius 2 is 2.19 bits per heavy atom. The van der Waals surface area contributed by atoms with Gasteiger partial charge in [0, 0.05) is 18.1 Å². The normalized spacial score (nSPS) is 10.7. The first kappa shape index (κ1) is 13.5. The first-order valence-electron chi connectivity index (χ1n) is 5.38. The molecule has 0 atom stereocenters. The maximum absolute atomic E-state index is 8.51. The molecule has 0 unspecified atom stereocenters. The van der Waals surface area contributed by atoms with E-state index in [9.17, 15) is 0 Å². The average Bonchev–Trinajstić information content (AvgIpc) is 2.26. The second kappa shape index (κ2) is 7.63. The third-order valence-corrected chi connectivity index (χ3v) is 2.51. The van der Waals surface area contributed by atoms with E-state index in [1.54, 1.807) is 0 Å². The second-order valence-electron chi connectivity index (χ2n) is 3.58. The Morgan fingerprint density at radius 3 is 2.88 bits per heavy atom. The molecule has 1 aromatic rings. The highest BCUT2D eigenvalue weighted by Crippen LogP contribution is 2.14. The van der Waals surface area contributed by atoms with Crippen molar-refractivity contribution in [3.05, 3.63) is 34.3 Å². The summed E-state index contributed by atoms with van der Waals surface area (Å²) in [6, 6.07) is 5.88. The average molecular weight is 244 g/mol. The quantitative estimate of drug-likeness (QED) is 0.717. The number of aryl methyl sites for hydroxylation is 1. The maximum Gasteiger partial charge on any atom is 0.0698 e. The molecule has 0 spiro atoms. The number of hydrogen-bond donors (Lipinski definition) is 2. The zero-order valence-corrected chi connectivity index (χ0v) is 10.3. The van der Waals surface area contributed by atoms with Crippen LogP contribution in [0.15, 0.2) is 18.2 Å². The van der Waals surface area contributed by atoms with E-state index in [2.05, 4.69) is 5.32 Å².